The standard InChI is InChI=1S/C25H27FN2O3/c1-19(20-4-6-21(26)7-5-20)31-24-12-15-28(25(29)18-24)22-8-10-23(11-9-22)30-17-16-27-13-2-3-14-27/h4-12,15,18-19H,2-3,13-14,16-17H2,1H3. The molecular weight excluding hydrogens is 395 g/mol. The summed E-state index contributed by atoms with van der Waals surface area (Å²) in [5.74, 6) is 0.977. The van der Waals surface area contributed by atoms with E-state index in [2.05, 4.69) is 4.90 Å². The zero-order chi connectivity index (χ0) is 21.6. The van der Waals surface area contributed by atoms with Crippen molar-refractivity contribution < 1.29 is 13.9 Å². The summed E-state index contributed by atoms with van der Waals surface area (Å²) in [6.45, 7) is 5.79. The molecule has 1 aliphatic rings. The van der Waals surface area contributed by atoms with Gasteiger partial charge in [0.25, 0.3) is 5.56 Å². The molecule has 0 N–H and O–H groups in total. The predicted molar refractivity (Wildman–Crippen MR) is 119 cm³/mol. The molecule has 0 aliphatic carbocycles. The van der Waals surface area contributed by atoms with Crippen LogP contribution in [0.4, 0.5) is 4.39 Å². The van der Waals surface area contributed by atoms with E-state index in [-0.39, 0.29) is 17.5 Å². The summed E-state index contributed by atoms with van der Waals surface area (Å²) in [4.78, 5) is 15.0. The van der Waals surface area contributed by atoms with Crippen LogP contribution in [-0.2, 0) is 0 Å². The second-order valence-corrected chi connectivity index (χ2v) is 7.77. The Bertz CT molecular complexity index is 1040. The number of hydrogen-bond acceptors (Lipinski definition) is 4. The monoisotopic (exact) mass is 422 g/mol. The molecular formula is C25H27FN2O3. The van der Waals surface area contributed by atoms with E-state index in [1.54, 1.807) is 29.0 Å². The van der Waals surface area contributed by atoms with E-state index in [0.717, 1.165) is 36.6 Å². The summed E-state index contributed by atoms with van der Waals surface area (Å²) in [6.07, 6.45) is 3.95. The smallest absolute Gasteiger partial charge is 0.258 e. The molecule has 6 heteroatoms. The molecule has 162 valence electrons. The van der Waals surface area contributed by atoms with Gasteiger partial charge in [-0.2, -0.15) is 0 Å². The topological polar surface area (TPSA) is 43.7 Å². The van der Waals surface area contributed by atoms with Crippen LogP contribution in [0.1, 0.15) is 31.4 Å². The Hall–Kier alpha value is -3.12. The molecule has 1 aromatic heterocycles. The first-order valence-corrected chi connectivity index (χ1v) is 10.7. The Morgan fingerprint density at radius 2 is 1.68 bits per heavy atom. The van der Waals surface area contributed by atoms with Crippen molar-refractivity contribution in [3.8, 4) is 17.2 Å². The number of hydrogen-bond donors (Lipinski definition) is 0. The van der Waals surface area contributed by atoms with E-state index in [4.69, 9.17) is 9.47 Å². The van der Waals surface area contributed by atoms with E-state index in [1.165, 1.54) is 31.0 Å². The lowest BCUT2D eigenvalue weighted by atomic mass is 10.1. The van der Waals surface area contributed by atoms with Crippen LogP contribution in [0.3, 0.4) is 0 Å². The maximum atomic E-state index is 13.1. The molecule has 1 fully saturated rings. The van der Waals surface area contributed by atoms with E-state index in [0.29, 0.717) is 12.4 Å². The Kier molecular flexibility index (Phi) is 6.67. The normalized spacial score (nSPS) is 15.0. The molecule has 0 saturated carbocycles. The van der Waals surface area contributed by atoms with Gasteiger partial charge in [0.2, 0.25) is 0 Å². The molecule has 0 spiro atoms. The Morgan fingerprint density at radius 1 is 0.968 bits per heavy atom. The summed E-state index contributed by atoms with van der Waals surface area (Å²) >= 11 is 0. The fourth-order valence-corrected chi connectivity index (χ4v) is 3.76. The highest BCUT2D eigenvalue weighted by atomic mass is 19.1. The summed E-state index contributed by atoms with van der Waals surface area (Å²) in [5.41, 5.74) is 1.41. The van der Waals surface area contributed by atoms with Gasteiger partial charge in [-0.1, -0.05) is 12.1 Å². The van der Waals surface area contributed by atoms with Crippen LogP contribution in [0, 0.1) is 5.82 Å². The molecule has 31 heavy (non-hydrogen) atoms. The van der Waals surface area contributed by atoms with Gasteiger partial charge < -0.3 is 9.47 Å². The Morgan fingerprint density at radius 3 is 2.35 bits per heavy atom. The van der Waals surface area contributed by atoms with Crippen LogP contribution in [0.2, 0.25) is 0 Å². The number of halogens is 1. The van der Waals surface area contributed by atoms with Gasteiger partial charge in [-0.25, -0.2) is 4.39 Å². The van der Waals surface area contributed by atoms with Gasteiger partial charge in [0.15, 0.2) is 0 Å². The van der Waals surface area contributed by atoms with E-state index < -0.39 is 0 Å². The summed E-state index contributed by atoms with van der Waals surface area (Å²) in [6, 6.07) is 16.9. The molecule has 1 saturated heterocycles. The maximum Gasteiger partial charge on any atom is 0.258 e. The van der Waals surface area contributed by atoms with Gasteiger partial charge in [0.1, 0.15) is 30.0 Å². The highest BCUT2D eigenvalue weighted by Crippen LogP contribution is 2.21. The fourth-order valence-electron chi connectivity index (χ4n) is 3.76. The predicted octanol–water partition coefficient (Wildman–Crippen LogP) is 4.59. The SMILES string of the molecule is CC(Oc1ccn(-c2ccc(OCCN3CCCC3)cc2)c(=O)c1)c1ccc(F)cc1. The minimum atomic E-state index is -0.298. The number of likely N-dealkylation sites (tertiary alicyclic amines) is 1. The number of rotatable bonds is 8. The van der Waals surface area contributed by atoms with E-state index in [9.17, 15) is 9.18 Å². The molecule has 5 nitrogen and oxygen atoms in total. The van der Waals surface area contributed by atoms with Crippen LogP contribution >= 0.6 is 0 Å². The van der Waals surface area contributed by atoms with Crippen LogP contribution in [0.5, 0.6) is 11.5 Å². The largest absolute Gasteiger partial charge is 0.492 e. The summed E-state index contributed by atoms with van der Waals surface area (Å²) in [7, 11) is 0. The van der Waals surface area contributed by atoms with Crippen molar-refractivity contribution in [1.29, 1.82) is 0 Å². The first-order valence-electron chi connectivity index (χ1n) is 10.7. The average Bonchev–Trinajstić information content (AvgIpc) is 3.29. The van der Waals surface area contributed by atoms with Gasteiger partial charge in [0.05, 0.1) is 0 Å². The van der Waals surface area contributed by atoms with E-state index in [1.807, 2.05) is 31.2 Å². The minimum Gasteiger partial charge on any atom is -0.492 e. The quantitative estimate of drug-likeness (QED) is 0.533. The van der Waals surface area contributed by atoms with Gasteiger partial charge in [-0.05, 0) is 80.9 Å². The van der Waals surface area contributed by atoms with Crippen molar-refractivity contribution in [1.82, 2.24) is 9.47 Å². The maximum absolute atomic E-state index is 13.1. The second-order valence-electron chi connectivity index (χ2n) is 7.77. The van der Waals surface area contributed by atoms with Crippen molar-refractivity contribution in [3.05, 3.63) is 88.6 Å². The van der Waals surface area contributed by atoms with Gasteiger partial charge in [-0.3, -0.25) is 14.3 Å². The fraction of sp³-hybridized carbons (Fsp3) is 0.320. The summed E-state index contributed by atoms with van der Waals surface area (Å²) in [5, 5.41) is 0. The van der Waals surface area contributed by atoms with Crippen molar-refractivity contribution in [3.63, 3.8) is 0 Å². The molecule has 3 aromatic rings. The van der Waals surface area contributed by atoms with Gasteiger partial charge in [-0.15, -0.1) is 0 Å². The molecule has 2 heterocycles. The molecule has 0 radical (unpaired) electrons. The lowest BCUT2D eigenvalue weighted by Gasteiger charge is -2.16. The Balaban J connectivity index is 1.37. The number of pyridine rings is 1. The molecule has 0 bridgehead atoms. The third-order valence-electron chi connectivity index (χ3n) is 5.53. The van der Waals surface area contributed by atoms with E-state index >= 15 is 0 Å². The number of aromatic nitrogens is 1. The van der Waals surface area contributed by atoms with Crippen LogP contribution in [0.25, 0.3) is 5.69 Å². The lowest BCUT2D eigenvalue weighted by Crippen LogP contribution is -2.25. The zero-order valence-corrected chi connectivity index (χ0v) is 17.7. The number of nitrogens with zero attached hydrogens (tertiary/aromatic N) is 2. The van der Waals surface area contributed by atoms with Crippen molar-refractivity contribution >= 4 is 0 Å². The first-order chi connectivity index (χ1) is 15.1. The first kappa shape index (κ1) is 21.1. The van der Waals surface area contributed by atoms with Crippen molar-refractivity contribution in [2.75, 3.05) is 26.2 Å². The molecule has 1 aliphatic heterocycles. The average molecular weight is 423 g/mol. The van der Waals surface area contributed by atoms with Crippen LogP contribution < -0.4 is 15.0 Å². The highest BCUT2D eigenvalue weighted by Gasteiger charge is 2.11. The van der Waals surface area contributed by atoms with Crippen molar-refractivity contribution in [2.24, 2.45) is 0 Å². The second kappa shape index (κ2) is 9.79. The van der Waals surface area contributed by atoms with Crippen LogP contribution in [0.15, 0.2) is 71.7 Å². The molecule has 1 atom stereocenters. The van der Waals surface area contributed by atoms with Gasteiger partial charge >= 0.3 is 0 Å². The third kappa shape index (κ3) is 5.52. The molecule has 1 unspecified atom stereocenters. The molecule has 2 aromatic carbocycles. The van der Waals surface area contributed by atoms with Crippen LogP contribution in [-0.4, -0.2) is 35.7 Å². The zero-order valence-electron chi connectivity index (χ0n) is 17.7. The highest BCUT2D eigenvalue weighted by molar-refractivity contribution is 5.38. The summed E-state index contributed by atoms with van der Waals surface area (Å²) < 4.78 is 26.3. The number of benzene rings is 2. The number of ether oxygens (including phenoxy) is 2. The van der Waals surface area contributed by atoms with Crippen molar-refractivity contribution in [2.45, 2.75) is 25.9 Å². The third-order valence-corrected chi connectivity index (χ3v) is 5.53. The minimum absolute atomic E-state index is 0.188. The molecule has 0 amide bonds. The Labute approximate surface area is 181 Å². The molecule has 4 rings (SSSR count). The lowest BCUT2D eigenvalue weighted by molar-refractivity contribution is 0.226. The van der Waals surface area contributed by atoms with Gasteiger partial charge in [0, 0.05) is 24.5 Å².